The van der Waals surface area contributed by atoms with Crippen LogP contribution in [0.2, 0.25) is 0 Å². The van der Waals surface area contributed by atoms with Gasteiger partial charge >= 0.3 is 0 Å². The minimum absolute atomic E-state index is 0.108. The maximum atomic E-state index is 12.1. The van der Waals surface area contributed by atoms with Crippen LogP contribution in [0.3, 0.4) is 0 Å². The van der Waals surface area contributed by atoms with Crippen LogP contribution < -0.4 is 25.1 Å². The minimum Gasteiger partial charge on any atom is -0.497 e. The number of nitrogens with one attached hydrogen (secondary N) is 2. The molecule has 0 heterocycles. The second-order valence-corrected chi connectivity index (χ2v) is 6.63. The molecule has 0 saturated heterocycles. The first-order valence-electron chi connectivity index (χ1n) is 10.2. The van der Waals surface area contributed by atoms with Gasteiger partial charge in [-0.05, 0) is 50.2 Å². The van der Waals surface area contributed by atoms with Crippen molar-refractivity contribution in [2.75, 3.05) is 38.8 Å². The van der Waals surface area contributed by atoms with E-state index in [0.29, 0.717) is 17.1 Å². The Balaban J connectivity index is 1.83. The number of rotatable bonds is 11. The third-order valence-corrected chi connectivity index (χ3v) is 4.73. The number of hydrogen-bond acceptors (Lipinski definition) is 6. The molecule has 2 aromatic carbocycles. The molecule has 0 bridgehead atoms. The average Bonchev–Trinajstić information content (AvgIpc) is 2.80. The zero-order valence-electron chi connectivity index (χ0n) is 18.5. The number of benzene rings is 2. The van der Waals surface area contributed by atoms with Gasteiger partial charge in [0.05, 0.1) is 20.4 Å². The van der Waals surface area contributed by atoms with Gasteiger partial charge in [0.15, 0.2) is 0 Å². The highest BCUT2D eigenvalue weighted by atomic mass is 16.5. The predicted octanol–water partition coefficient (Wildman–Crippen LogP) is 2.82. The molecule has 0 radical (unpaired) electrons. The zero-order valence-corrected chi connectivity index (χ0v) is 18.5. The molecular formula is C23H30N4O4. The Bertz CT molecular complexity index is 893. The molecule has 0 aliphatic heterocycles. The van der Waals surface area contributed by atoms with Crippen LogP contribution in [0.1, 0.15) is 36.2 Å². The van der Waals surface area contributed by atoms with E-state index in [1.165, 1.54) is 0 Å². The van der Waals surface area contributed by atoms with E-state index >= 15 is 0 Å². The van der Waals surface area contributed by atoms with Gasteiger partial charge in [0, 0.05) is 48.9 Å². The molecule has 8 nitrogen and oxygen atoms in total. The van der Waals surface area contributed by atoms with Crippen LogP contribution in [0.5, 0.6) is 11.5 Å². The van der Waals surface area contributed by atoms with Crippen molar-refractivity contribution in [2.24, 2.45) is 5.10 Å². The van der Waals surface area contributed by atoms with Crippen LogP contribution in [0.25, 0.3) is 0 Å². The molecule has 31 heavy (non-hydrogen) atoms. The Hall–Kier alpha value is -3.55. The van der Waals surface area contributed by atoms with Crippen LogP contribution in [-0.4, -0.2) is 51.9 Å². The number of hydrazone groups is 1. The molecule has 2 N–H and O–H groups in total. The molecule has 0 saturated carbocycles. The van der Waals surface area contributed by atoms with E-state index in [9.17, 15) is 9.59 Å². The number of anilines is 1. The first-order chi connectivity index (χ1) is 15.0. The number of hydrogen-bond donors (Lipinski definition) is 2. The highest BCUT2D eigenvalue weighted by molar-refractivity contribution is 5.94. The SMILES string of the molecule is CCN(CC)c1ccc(C=NNC(=O)CCNC(=O)c2ccc(OC)cc2)c(OC)c1. The highest BCUT2D eigenvalue weighted by Gasteiger charge is 2.08. The Labute approximate surface area is 183 Å². The van der Waals surface area contributed by atoms with Gasteiger partial charge in [-0.2, -0.15) is 5.10 Å². The molecule has 166 valence electrons. The summed E-state index contributed by atoms with van der Waals surface area (Å²) in [4.78, 5) is 26.3. The molecule has 0 aliphatic rings. The lowest BCUT2D eigenvalue weighted by molar-refractivity contribution is -0.120. The molecule has 0 aliphatic carbocycles. The quantitative estimate of drug-likeness (QED) is 0.426. The van der Waals surface area contributed by atoms with Crippen molar-refractivity contribution in [3.63, 3.8) is 0 Å². The van der Waals surface area contributed by atoms with Crippen molar-refractivity contribution < 1.29 is 19.1 Å². The Morgan fingerprint density at radius 1 is 1.03 bits per heavy atom. The summed E-state index contributed by atoms with van der Waals surface area (Å²) in [6, 6.07) is 12.6. The van der Waals surface area contributed by atoms with Gasteiger partial charge < -0.3 is 19.7 Å². The molecule has 2 rings (SSSR count). The third kappa shape index (κ3) is 7.02. The fraction of sp³-hybridized carbons (Fsp3) is 0.348. The van der Waals surface area contributed by atoms with Crippen molar-refractivity contribution in [1.29, 1.82) is 0 Å². The lowest BCUT2D eigenvalue weighted by Gasteiger charge is -2.21. The van der Waals surface area contributed by atoms with Crippen LogP contribution >= 0.6 is 0 Å². The topological polar surface area (TPSA) is 92.3 Å². The van der Waals surface area contributed by atoms with E-state index in [1.807, 2.05) is 18.2 Å². The molecule has 0 aromatic heterocycles. The van der Waals surface area contributed by atoms with E-state index < -0.39 is 0 Å². The van der Waals surface area contributed by atoms with Crippen molar-refractivity contribution in [1.82, 2.24) is 10.7 Å². The number of methoxy groups -OCH3 is 2. The summed E-state index contributed by atoms with van der Waals surface area (Å²) in [5.41, 5.74) is 4.79. The molecule has 8 heteroatoms. The Morgan fingerprint density at radius 2 is 1.74 bits per heavy atom. The molecule has 2 aromatic rings. The minimum atomic E-state index is -0.301. The zero-order chi connectivity index (χ0) is 22.6. The summed E-state index contributed by atoms with van der Waals surface area (Å²) >= 11 is 0. The maximum absolute atomic E-state index is 12.1. The third-order valence-electron chi connectivity index (χ3n) is 4.73. The molecular weight excluding hydrogens is 396 g/mol. The van der Waals surface area contributed by atoms with Gasteiger partial charge in [-0.25, -0.2) is 5.43 Å². The first-order valence-corrected chi connectivity index (χ1v) is 10.2. The summed E-state index contributed by atoms with van der Waals surface area (Å²) in [6.07, 6.45) is 1.65. The van der Waals surface area contributed by atoms with E-state index in [0.717, 1.165) is 24.3 Å². The maximum Gasteiger partial charge on any atom is 0.251 e. The van der Waals surface area contributed by atoms with Crippen LogP contribution in [0.4, 0.5) is 5.69 Å². The summed E-state index contributed by atoms with van der Waals surface area (Å²) < 4.78 is 10.5. The van der Waals surface area contributed by atoms with Crippen LogP contribution in [0.15, 0.2) is 47.6 Å². The van der Waals surface area contributed by atoms with Gasteiger partial charge in [0.25, 0.3) is 5.91 Å². The summed E-state index contributed by atoms with van der Waals surface area (Å²) in [5, 5.41) is 6.70. The second-order valence-electron chi connectivity index (χ2n) is 6.63. The van der Waals surface area contributed by atoms with Gasteiger partial charge in [0.1, 0.15) is 11.5 Å². The molecule has 2 amide bonds. The summed E-state index contributed by atoms with van der Waals surface area (Å²) in [7, 11) is 3.16. The summed E-state index contributed by atoms with van der Waals surface area (Å²) in [6.45, 7) is 6.20. The highest BCUT2D eigenvalue weighted by Crippen LogP contribution is 2.24. The normalized spacial score (nSPS) is 10.6. The van der Waals surface area contributed by atoms with Gasteiger partial charge in [-0.15, -0.1) is 0 Å². The van der Waals surface area contributed by atoms with E-state index in [1.54, 1.807) is 44.7 Å². The molecule has 0 fully saturated rings. The molecule has 0 spiro atoms. The monoisotopic (exact) mass is 426 g/mol. The van der Waals surface area contributed by atoms with Crippen molar-refractivity contribution >= 4 is 23.7 Å². The first kappa shape index (κ1) is 23.7. The van der Waals surface area contributed by atoms with Gasteiger partial charge in [-0.1, -0.05) is 0 Å². The predicted molar refractivity (Wildman–Crippen MR) is 122 cm³/mol. The lowest BCUT2D eigenvalue weighted by Crippen LogP contribution is -2.29. The van der Waals surface area contributed by atoms with Crippen molar-refractivity contribution in [3.8, 4) is 11.5 Å². The molecule has 0 unspecified atom stereocenters. The number of carbonyl (C=O) groups excluding carboxylic acids is 2. The summed E-state index contributed by atoms with van der Waals surface area (Å²) in [5.74, 6) is 0.796. The van der Waals surface area contributed by atoms with Gasteiger partial charge in [-0.3, -0.25) is 9.59 Å². The molecule has 0 atom stereocenters. The largest absolute Gasteiger partial charge is 0.497 e. The average molecular weight is 427 g/mol. The van der Waals surface area contributed by atoms with Crippen LogP contribution in [-0.2, 0) is 4.79 Å². The fourth-order valence-corrected chi connectivity index (χ4v) is 2.96. The van der Waals surface area contributed by atoms with E-state index in [2.05, 4.69) is 34.6 Å². The van der Waals surface area contributed by atoms with Gasteiger partial charge in [0.2, 0.25) is 5.91 Å². The second kappa shape index (κ2) is 12.2. The van der Waals surface area contributed by atoms with E-state index in [-0.39, 0.29) is 24.8 Å². The fourth-order valence-electron chi connectivity index (χ4n) is 2.96. The number of ether oxygens (including phenoxy) is 2. The number of amides is 2. The van der Waals surface area contributed by atoms with Crippen molar-refractivity contribution in [2.45, 2.75) is 20.3 Å². The lowest BCUT2D eigenvalue weighted by atomic mass is 10.2. The van der Waals surface area contributed by atoms with E-state index in [4.69, 9.17) is 9.47 Å². The Morgan fingerprint density at radius 3 is 2.35 bits per heavy atom. The number of carbonyl (C=O) groups is 2. The Kier molecular flexibility index (Phi) is 9.35. The number of nitrogens with zero attached hydrogens (tertiary/aromatic N) is 2. The van der Waals surface area contributed by atoms with Crippen molar-refractivity contribution in [3.05, 3.63) is 53.6 Å². The standard InChI is InChI=1S/C23H30N4O4/c1-5-27(6-2)19-10-7-18(21(15-19)31-4)16-25-26-22(28)13-14-24-23(29)17-8-11-20(30-3)12-9-17/h7-12,15-16H,5-6,13-14H2,1-4H3,(H,24,29)(H,26,28). The van der Waals surface area contributed by atoms with Crippen LogP contribution in [0, 0.1) is 0 Å². The smallest absolute Gasteiger partial charge is 0.251 e.